The Morgan fingerprint density at radius 2 is 1.23 bits per heavy atom. The first-order valence-electron chi connectivity index (χ1n) is 21.7. The number of aliphatic hydroxyl groups is 1. The average molecular weight is 875 g/mol. The molecule has 15 nitrogen and oxygen atoms in total. The molecule has 4 aromatic carbocycles. The van der Waals surface area contributed by atoms with Gasteiger partial charge in [-0.2, -0.15) is 0 Å². The SMILES string of the molecule is CC(C)(C)NC(=O)[C@@H]1CCCN1C(=O)[C@@H](O)[C@H](Cc1ccccc1)NC(=O)COc1ccccc1NC(=O)[C@@H](Cc1ccccc1)NC(=O)[C@@H]1CCCN1C(=O)OCc1ccccc1. The Balaban J connectivity index is 1.11. The van der Waals surface area contributed by atoms with Gasteiger partial charge in [-0.05, 0) is 81.7 Å². The number of likely N-dealkylation sites (tertiary alicyclic amines) is 2. The highest BCUT2D eigenvalue weighted by molar-refractivity contribution is 5.99. The highest BCUT2D eigenvalue weighted by Gasteiger charge is 2.41. The summed E-state index contributed by atoms with van der Waals surface area (Å²) in [6, 6.07) is 30.3. The van der Waals surface area contributed by atoms with Crippen molar-refractivity contribution in [2.75, 3.05) is 25.0 Å². The maximum atomic E-state index is 14.1. The summed E-state index contributed by atoms with van der Waals surface area (Å²) < 4.78 is 11.5. The van der Waals surface area contributed by atoms with Gasteiger partial charge >= 0.3 is 6.09 Å². The molecule has 5 atom stereocenters. The third-order valence-corrected chi connectivity index (χ3v) is 11.0. The van der Waals surface area contributed by atoms with Crippen molar-refractivity contribution in [2.24, 2.45) is 0 Å². The van der Waals surface area contributed by atoms with E-state index in [1.165, 1.54) is 9.80 Å². The molecule has 2 fully saturated rings. The number of rotatable bonds is 17. The number of benzene rings is 4. The van der Waals surface area contributed by atoms with Gasteiger partial charge in [0.05, 0.1) is 11.7 Å². The quantitative estimate of drug-likeness (QED) is 0.101. The van der Waals surface area contributed by atoms with E-state index in [4.69, 9.17) is 9.47 Å². The number of para-hydroxylation sites is 2. The fourth-order valence-corrected chi connectivity index (χ4v) is 7.90. The van der Waals surface area contributed by atoms with Gasteiger partial charge in [-0.15, -0.1) is 0 Å². The van der Waals surface area contributed by atoms with E-state index in [0.717, 1.165) is 16.7 Å². The molecule has 2 heterocycles. The fraction of sp³-hybridized carbons (Fsp3) is 0.388. The van der Waals surface area contributed by atoms with Crippen LogP contribution in [0.3, 0.4) is 0 Å². The van der Waals surface area contributed by atoms with Gasteiger partial charge in [0.1, 0.15) is 30.5 Å². The number of ether oxygens (including phenoxy) is 2. The number of nitrogens with one attached hydrogen (secondary N) is 4. The molecule has 2 aliphatic heterocycles. The van der Waals surface area contributed by atoms with Crippen LogP contribution in [-0.4, -0.2) is 106 Å². The summed E-state index contributed by atoms with van der Waals surface area (Å²) in [6.07, 6.45) is -0.0195. The van der Waals surface area contributed by atoms with Crippen LogP contribution in [-0.2, 0) is 48.2 Å². The number of carbonyl (C=O) groups is 6. The van der Waals surface area contributed by atoms with Crippen LogP contribution in [0.2, 0.25) is 0 Å². The maximum Gasteiger partial charge on any atom is 0.410 e. The normalized spacial score (nSPS) is 17.4. The Labute approximate surface area is 373 Å². The van der Waals surface area contributed by atoms with E-state index < -0.39 is 72.1 Å². The molecule has 2 saturated heterocycles. The minimum absolute atomic E-state index is 0.0565. The zero-order chi connectivity index (χ0) is 45.6. The zero-order valence-corrected chi connectivity index (χ0v) is 36.5. The summed E-state index contributed by atoms with van der Waals surface area (Å²) >= 11 is 0. The minimum Gasteiger partial charge on any atom is -0.482 e. The molecule has 5 N–H and O–H groups in total. The smallest absolute Gasteiger partial charge is 0.410 e. The van der Waals surface area contributed by atoms with Crippen molar-refractivity contribution in [1.29, 1.82) is 0 Å². The van der Waals surface area contributed by atoms with Crippen molar-refractivity contribution >= 4 is 41.3 Å². The van der Waals surface area contributed by atoms with Crippen molar-refractivity contribution in [1.82, 2.24) is 25.8 Å². The van der Waals surface area contributed by atoms with E-state index in [2.05, 4.69) is 21.3 Å². The molecular formula is C49H58N6O9. The Bertz CT molecular complexity index is 2220. The van der Waals surface area contributed by atoms with Crippen LogP contribution >= 0.6 is 0 Å². The van der Waals surface area contributed by atoms with Gasteiger partial charge in [-0.1, -0.05) is 103 Å². The van der Waals surface area contributed by atoms with E-state index in [0.29, 0.717) is 32.2 Å². The molecule has 64 heavy (non-hydrogen) atoms. The number of aliphatic hydroxyl groups excluding tert-OH is 1. The lowest BCUT2D eigenvalue weighted by molar-refractivity contribution is -0.147. The molecule has 0 aromatic heterocycles. The Hall–Kier alpha value is -6.74. The maximum absolute atomic E-state index is 14.1. The van der Waals surface area contributed by atoms with Gasteiger partial charge in [0.25, 0.3) is 11.8 Å². The van der Waals surface area contributed by atoms with Crippen LogP contribution in [0.15, 0.2) is 115 Å². The van der Waals surface area contributed by atoms with Gasteiger partial charge in [0, 0.05) is 25.0 Å². The average Bonchev–Trinajstić information content (AvgIpc) is 3.99. The van der Waals surface area contributed by atoms with Crippen molar-refractivity contribution < 1.29 is 43.3 Å². The molecule has 0 aliphatic carbocycles. The zero-order valence-electron chi connectivity index (χ0n) is 36.5. The first-order valence-corrected chi connectivity index (χ1v) is 21.7. The summed E-state index contributed by atoms with van der Waals surface area (Å²) in [6.45, 7) is 5.69. The van der Waals surface area contributed by atoms with E-state index in [9.17, 15) is 33.9 Å². The number of anilines is 1. The number of nitrogens with zero attached hydrogens (tertiary/aromatic N) is 2. The Morgan fingerprint density at radius 3 is 1.86 bits per heavy atom. The summed E-state index contributed by atoms with van der Waals surface area (Å²) in [7, 11) is 0. The molecule has 4 aromatic rings. The topological polar surface area (TPSA) is 196 Å². The van der Waals surface area contributed by atoms with Crippen molar-refractivity contribution in [2.45, 2.75) is 102 Å². The second-order valence-electron chi connectivity index (χ2n) is 17.2. The number of hydrogen-bond acceptors (Lipinski definition) is 9. The van der Waals surface area contributed by atoms with Gasteiger partial charge in [0.15, 0.2) is 12.7 Å². The van der Waals surface area contributed by atoms with Gasteiger partial charge < -0.3 is 40.7 Å². The number of carbonyl (C=O) groups excluding carboxylic acids is 6. The second-order valence-corrected chi connectivity index (χ2v) is 17.2. The van der Waals surface area contributed by atoms with Crippen LogP contribution in [0.25, 0.3) is 0 Å². The largest absolute Gasteiger partial charge is 0.482 e. The number of hydrogen-bond donors (Lipinski definition) is 5. The summed E-state index contributed by atoms with van der Waals surface area (Å²) in [5.41, 5.74) is 2.07. The molecule has 6 rings (SSSR count). The van der Waals surface area contributed by atoms with Crippen LogP contribution < -0.4 is 26.0 Å². The van der Waals surface area contributed by atoms with Crippen LogP contribution in [0.5, 0.6) is 5.75 Å². The van der Waals surface area contributed by atoms with Crippen LogP contribution in [0, 0.1) is 0 Å². The van der Waals surface area contributed by atoms with E-state index >= 15 is 0 Å². The monoisotopic (exact) mass is 874 g/mol. The van der Waals surface area contributed by atoms with E-state index in [-0.39, 0.29) is 43.3 Å². The second kappa shape index (κ2) is 22.1. The van der Waals surface area contributed by atoms with Crippen molar-refractivity contribution in [3.8, 4) is 5.75 Å². The molecule has 15 heteroatoms. The van der Waals surface area contributed by atoms with Crippen LogP contribution in [0.4, 0.5) is 10.5 Å². The molecule has 0 saturated carbocycles. The number of amides is 6. The Kier molecular flexibility index (Phi) is 16.1. The Morgan fingerprint density at radius 1 is 0.688 bits per heavy atom. The molecule has 2 aliphatic rings. The standard InChI is InChI=1S/C49H58N6O9/c1-49(2,3)53-46(60)40-25-15-27-54(40)47(61)43(57)37(29-33-17-7-4-8-18-33)50-42(56)32-63-41-26-14-13-23-36(41)51-44(58)38(30-34-19-9-5-10-20-34)52-45(59)39-24-16-28-55(39)48(62)64-31-35-21-11-6-12-22-35/h4-14,17-23,26,37-40,43,57H,15-16,24-25,27-32H2,1-3H3,(H,50,56)(H,51,58)(H,52,59)(H,53,60)/t37-,38+,39-,40-,43-/m0/s1. The highest BCUT2D eigenvalue weighted by Crippen LogP contribution is 2.26. The predicted octanol–water partition coefficient (Wildman–Crippen LogP) is 4.53. The molecule has 0 radical (unpaired) electrons. The minimum atomic E-state index is -1.67. The van der Waals surface area contributed by atoms with Gasteiger partial charge in [-0.3, -0.25) is 28.9 Å². The molecule has 6 amide bonds. The first-order chi connectivity index (χ1) is 30.8. The fourth-order valence-electron chi connectivity index (χ4n) is 7.90. The lowest BCUT2D eigenvalue weighted by atomic mass is 9.99. The predicted molar refractivity (Wildman–Crippen MR) is 240 cm³/mol. The molecule has 0 bridgehead atoms. The third kappa shape index (κ3) is 13.1. The molecule has 0 spiro atoms. The lowest BCUT2D eigenvalue weighted by Gasteiger charge is -2.32. The lowest BCUT2D eigenvalue weighted by Crippen LogP contribution is -2.57. The van der Waals surface area contributed by atoms with Crippen LogP contribution in [0.1, 0.15) is 63.1 Å². The highest BCUT2D eigenvalue weighted by atomic mass is 16.6. The molecule has 338 valence electrons. The van der Waals surface area contributed by atoms with Crippen molar-refractivity contribution in [3.05, 3.63) is 132 Å². The van der Waals surface area contributed by atoms with E-state index in [1.807, 2.05) is 112 Å². The van der Waals surface area contributed by atoms with Gasteiger partial charge in [-0.25, -0.2) is 4.79 Å². The van der Waals surface area contributed by atoms with Gasteiger partial charge in [0.2, 0.25) is 17.7 Å². The first kappa shape index (κ1) is 46.8. The summed E-state index contributed by atoms with van der Waals surface area (Å²) in [4.78, 5) is 84.3. The summed E-state index contributed by atoms with van der Waals surface area (Å²) in [5, 5.41) is 22.9. The third-order valence-electron chi connectivity index (χ3n) is 11.0. The molecule has 0 unspecified atom stereocenters. The molecular weight excluding hydrogens is 817 g/mol. The van der Waals surface area contributed by atoms with E-state index in [1.54, 1.807) is 24.3 Å². The summed E-state index contributed by atoms with van der Waals surface area (Å²) in [5.74, 6) is -2.52. The van der Waals surface area contributed by atoms with Crippen molar-refractivity contribution in [3.63, 3.8) is 0 Å².